The Bertz CT molecular complexity index is 467. The molecule has 2 unspecified atom stereocenters. The van der Waals surface area contributed by atoms with Crippen molar-refractivity contribution in [3.05, 3.63) is 29.3 Å². The average molecular weight is 236 g/mol. The fraction of sp³-hybridized carbons (Fsp3) is 0.273. The number of hydrogen-bond acceptors (Lipinski definition) is 6. The zero-order valence-corrected chi connectivity index (χ0v) is 9.12. The van der Waals surface area contributed by atoms with E-state index in [-0.39, 0.29) is 16.8 Å². The minimum absolute atomic E-state index is 0.145. The first-order valence-corrected chi connectivity index (χ1v) is 4.74. The van der Waals surface area contributed by atoms with Gasteiger partial charge in [-0.1, -0.05) is 0 Å². The third kappa shape index (κ3) is 2.93. The molecule has 0 heterocycles. The van der Waals surface area contributed by atoms with Crippen molar-refractivity contribution in [1.82, 2.24) is 0 Å². The maximum atomic E-state index is 11.3. The van der Waals surface area contributed by atoms with Gasteiger partial charge in [-0.05, 0) is 23.8 Å². The smallest absolute Gasteiger partial charge is 0.337 e. The summed E-state index contributed by atoms with van der Waals surface area (Å²) in [5.74, 6) is -0.614. The lowest BCUT2D eigenvalue weighted by atomic mass is 10.0. The molecule has 90 valence electrons. The summed E-state index contributed by atoms with van der Waals surface area (Å²) in [5.41, 5.74) is 6.10. The molecule has 2 atom stereocenters. The quantitative estimate of drug-likeness (QED) is 0.385. The van der Waals surface area contributed by atoms with Crippen molar-refractivity contribution in [2.24, 2.45) is 0 Å². The topological polar surface area (TPSA) is 117 Å². The maximum Gasteiger partial charge on any atom is 0.337 e. The van der Waals surface area contributed by atoms with Crippen LogP contribution in [0.5, 0.6) is 0 Å². The second-order valence-electron chi connectivity index (χ2n) is 3.40. The number of nitrogens with two attached hydrogens (primary N) is 1. The molecule has 1 aromatic rings. The third-order valence-corrected chi connectivity index (χ3v) is 2.17. The molecule has 0 fully saturated rings. The number of benzene rings is 1. The van der Waals surface area contributed by atoms with E-state index in [0.29, 0.717) is 0 Å². The number of aliphatic hydroxyl groups is 2. The van der Waals surface area contributed by atoms with Crippen LogP contribution in [0, 0.1) is 11.3 Å². The Kier molecular flexibility index (Phi) is 4.04. The molecule has 1 rings (SSSR count). The molecule has 17 heavy (non-hydrogen) atoms. The lowest BCUT2D eigenvalue weighted by Gasteiger charge is -2.13. The Morgan fingerprint density at radius 3 is 2.65 bits per heavy atom. The number of hydrogen-bond donors (Lipinski definition) is 3. The van der Waals surface area contributed by atoms with Gasteiger partial charge in [-0.2, -0.15) is 5.26 Å². The molecule has 0 aliphatic rings. The summed E-state index contributed by atoms with van der Waals surface area (Å²) in [6.45, 7) is 0. The molecule has 0 saturated carbocycles. The van der Waals surface area contributed by atoms with Gasteiger partial charge in [0.15, 0.2) is 6.10 Å². The minimum atomic E-state index is -1.58. The van der Waals surface area contributed by atoms with Crippen molar-refractivity contribution in [2.75, 3.05) is 12.8 Å². The van der Waals surface area contributed by atoms with E-state index in [1.54, 1.807) is 0 Å². The molecule has 6 nitrogen and oxygen atoms in total. The van der Waals surface area contributed by atoms with E-state index in [0.717, 1.165) is 0 Å². The standard InChI is InChI=1S/C11H12N2O4/c1-17-11(16)7-2-6(3-8(13)4-7)10(15)9(14)5-12/h2-4,9-10,14-15H,13H2,1H3. The summed E-state index contributed by atoms with van der Waals surface area (Å²) in [6.07, 6.45) is -3.01. The number of nitrogen functional groups attached to an aromatic ring is 1. The van der Waals surface area contributed by atoms with Crippen LogP contribution in [0.2, 0.25) is 0 Å². The Balaban J connectivity index is 3.14. The van der Waals surface area contributed by atoms with Gasteiger partial charge in [0, 0.05) is 5.69 Å². The molecule has 0 aliphatic heterocycles. The van der Waals surface area contributed by atoms with Gasteiger partial charge in [-0.25, -0.2) is 4.79 Å². The molecule has 0 aliphatic carbocycles. The van der Waals surface area contributed by atoms with Crippen LogP contribution in [0.3, 0.4) is 0 Å². The van der Waals surface area contributed by atoms with Crippen LogP contribution in [0.4, 0.5) is 5.69 Å². The van der Waals surface area contributed by atoms with Crippen molar-refractivity contribution >= 4 is 11.7 Å². The number of esters is 1. The highest BCUT2D eigenvalue weighted by molar-refractivity contribution is 5.90. The molecular formula is C11H12N2O4. The number of anilines is 1. The largest absolute Gasteiger partial charge is 0.465 e. The van der Waals surface area contributed by atoms with Crippen molar-refractivity contribution in [3.63, 3.8) is 0 Å². The van der Waals surface area contributed by atoms with E-state index < -0.39 is 18.2 Å². The lowest BCUT2D eigenvalue weighted by molar-refractivity contribution is 0.0522. The van der Waals surface area contributed by atoms with E-state index in [9.17, 15) is 15.0 Å². The first-order chi connectivity index (χ1) is 7.99. The van der Waals surface area contributed by atoms with Gasteiger partial charge in [0.2, 0.25) is 0 Å². The van der Waals surface area contributed by atoms with Crippen LogP contribution in [-0.4, -0.2) is 29.4 Å². The van der Waals surface area contributed by atoms with Gasteiger partial charge in [-0.15, -0.1) is 0 Å². The summed E-state index contributed by atoms with van der Waals surface area (Å²) >= 11 is 0. The van der Waals surface area contributed by atoms with E-state index in [1.165, 1.54) is 31.4 Å². The van der Waals surface area contributed by atoms with Crippen molar-refractivity contribution in [1.29, 1.82) is 5.26 Å². The number of nitriles is 1. The number of rotatable bonds is 3. The highest BCUT2D eigenvalue weighted by Crippen LogP contribution is 2.21. The molecule has 0 radical (unpaired) electrons. The van der Waals surface area contributed by atoms with E-state index in [2.05, 4.69) is 4.74 Å². The summed E-state index contributed by atoms with van der Waals surface area (Å²) < 4.78 is 4.51. The van der Waals surface area contributed by atoms with Crippen molar-refractivity contribution in [2.45, 2.75) is 12.2 Å². The van der Waals surface area contributed by atoms with Gasteiger partial charge >= 0.3 is 5.97 Å². The molecule has 0 spiro atoms. The fourth-order valence-corrected chi connectivity index (χ4v) is 1.34. The Morgan fingerprint density at radius 2 is 2.12 bits per heavy atom. The Hall–Kier alpha value is -2.10. The van der Waals surface area contributed by atoms with E-state index in [1.807, 2.05) is 0 Å². The SMILES string of the molecule is COC(=O)c1cc(N)cc(C(O)C(O)C#N)c1. The minimum Gasteiger partial charge on any atom is -0.465 e. The highest BCUT2D eigenvalue weighted by atomic mass is 16.5. The summed E-state index contributed by atoms with van der Waals surface area (Å²) in [7, 11) is 1.21. The molecule has 6 heteroatoms. The fourth-order valence-electron chi connectivity index (χ4n) is 1.34. The second kappa shape index (κ2) is 5.30. The average Bonchev–Trinajstić information content (AvgIpc) is 2.35. The Labute approximate surface area is 97.9 Å². The Morgan fingerprint density at radius 1 is 1.47 bits per heavy atom. The number of nitrogens with zero attached hydrogens (tertiary/aromatic N) is 1. The first kappa shape index (κ1) is 13.0. The monoisotopic (exact) mass is 236 g/mol. The molecule has 0 aromatic heterocycles. The molecule has 4 N–H and O–H groups in total. The van der Waals surface area contributed by atoms with Gasteiger partial charge in [-0.3, -0.25) is 0 Å². The van der Waals surface area contributed by atoms with Crippen LogP contribution in [0.15, 0.2) is 18.2 Å². The molecule has 1 aromatic carbocycles. The number of carbonyl (C=O) groups is 1. The number of aliphatic hydroxyl groups excluding tert-OH is 2. The normalized spacial score (nSPS) is 13.5. The summed E-state index contributed by atoms with van der Waals surface area (Å²) in [6, 6.07) is 5.56. The number of ether oxygens (including phenoxy) is 1. The van der Waals surface area contributed by atoms with Crippen LogP contribution in [-0.2, 0) is 4.74 Å². The van der Waals surface area contributed by atoms with Crippen LogP contribution >= 0.6 is 0 Å². The zero-order valence-electron chi connectivity index (χ0n) is 9.12. The predicted octanol–water partition coefficient (Wildman–Crippen LogP) is -0.0267. The van der Waals surface area contributed by atoms with Gasteiger partial charge < -0.3 is 20.7 Å². The van der Waals surface area contributed by atoms with Crippen LogP contribution in [0.25, 0.3) is 0 Å². The van der Waals surface area contributed by atoms with Crippen LogP contribution in [0.1, 0.15) is 22.0 Å². The lowest BCUT2D eigenvalue weighted by Crippen LogP contribution is -2.16. The third-order valence-electron chi connectivity index (χ3n) is 2.17. The molecule has 0 saturated heterocycles. The van der Waals surface area contributed by atoms with Gasteiger partial charge in [0.05, 0.1) is 18.7 Å². The maximum absolute atomic E-state index is 11.3. The predicted molar refractivity (Wildman–Crippen MR) is 58.8 cm³/mol. The summed E-state index contributed by atoms with van der Waals surface area (Å²) in [5, 5.41) is 27.3. The van der Waals surface area contributed by atoms with Crippen molar-refractivity contribution in [3.8, 4) is 6.07 Å². The van der Waals surface area contributed by atoms with Crippen molar-refractivity contribution < 1.29 is 19.7 Å². The number of carbonyl (C=O) groups excluding carboxylic acids is 1. The van der Waals surface area contributed by atoms with E-state index in [4.69, 9.17) is 11.0 Å². The highest BCUT2D eigenvalue weighted by Gasteiger charge is 2.19. The zero-order chi connectivity index (χ0) is 13.0. The molecule has 0 bridgehead atoms. The van der Waals surface area contributed by atoms with Crippen LogP contribution < -0.4 is 5.73 Å². The summed E-state index contributed by atoms with van der Waals surface area (Å²) in [4.78, 5) is 11.3. The number of methoxy groups -OCH3 is 1. The van der Waals surface area contributed by atoms with E-state index >= 15 is 0 Å². The second-order valence-corrected chi connectivity index (χ2v) is 3.40. The molecular weight excluding hydrogens is 224 g/mol. The first-order valence-electron chi connectivity index (χ1n) is 4.74. The molecule has 0 amide bonds. The van der Waals surface area contributed by atoms with Gasteiger partial charge in [0.25, 0.3) is 0 Å². The van der Waals surface area contributed by atoms with Gasteiger partial charge in [0.1, 0.15) is 6.10 Å².